The SMILES string of the molecule is CC(C)[C@@H]1CC[C@@H](C(C)C)P1CCCP1[C@H](C(C)C)CC[C@H]1C(C)C. The number of hydrogen-bond donors (Lipinski definition) is 0. The minimum atomic E-state index is 0.280. The van der Waals surface area contributed by atoms with Crippen LogP contribution in [0.5, 0.6) is 0 Å². The maximum Gasteiger partial charge on any atom is -0.0183 e. The second kappa shape index (κ2) is 9.87. The highest BCUT2D eigenvalue weighted by molar-refractivity contribution is 7.60. The number of hydrogen-bond acceptors (Lipinski definition) is 0. The predicted molar refractivity (Wildman–Crippen MR) is 121 cm³/mol. The third-order valence-corrected chi connectivity index (χ3v) is 15.6. The summed E-state index contributed by atoms with van der Waals surface area (Å²) in [6.07, 6.45) is 10.9. The Bertz CT molecular complexity index is 320. The van der Waals surface area contributed by atoms with Crippen LogP contribution in [-0.4, -0.2) is 35.0 Å². The predicted octanol–water partition coefficient (Wildman–Crippen LogP) is 8.03. The number of rotatable bonds is 8. The lowest BCUT2D eigenvalue weighted by Gasteiger charge is -2.33. The first-order valence-corrected chi connectivity index (χ1v) is 14.6. The van der Waals surface area contributed by atoms with Crippen LogP contribution in [0.15, 0.2) is 0 Å². The lowest BCUT2D eigenvalue weighted by atomic mass is 10.0. The van der Waals surface area contributed by atoms with Gasteiger partial charge in [0.25, 0.3) is 0 Å². The summed E-state index contributed by atoms with van der Waals surface area (Å²) in [6, 6.07) is 0. The first-order chi connectivity index (χ1) is 11.7. The fraction of sp³-hybridized carbons (Fsp3) is 1.00. The highest BCUT2D eigenvalue weighted by Gasteiger charge is 2.40. The van der Waals surface area contributed by atoms with E-state index in [2.05, 4.69) is 55.4 Å². The van der Waals surface area contributed by atoms with E-state index >= 15 is 0 Å². The van der Waals surface area contributed by atoms with Crippen LogP contribution in [0.25, 0.3) is 0 Å². The molecule has 2 heterocycles. The van der Waals surface area contributed by atoms with Crippen molar-refractivity contribution in [1.82, 2.24) is 0 Å². The van der Waals surface area contributed by atoms with Crippen molar-refractivity contribution < 1.29 is 0 Å². The van der Waals surface area contributed by atoms with Crippen molar-refractivity contribution in [3.63, 3.8) is 0 Å². The molecule has 0 aromatic carbocycles. The van der Waals surface area contributed by atoms with Crippen LogP contribution < -0.4 is 0 Å². The molecule has 0 radical (unpaired) electrons. The van der Waals surface area contributed by atoms with Crippen LogP contribution in [-0.2, 0) is 0 Å². The molecule has 2 rings (SSSR count). The minimum absolute atomic E-state index is 0.280. The van der Waals surface area contributed by atoms with E-state index in [1.165, 1.54) is 25.7 Å². The van der Waals surface area contributed by atoms with E-state index in [4.69, 9.17) is 0 Å². The van der Waals surface area contributed by atoms with Gasteiger partial charge in [-0.15, -0.1) is 0 Å². The topological polar surface area (TPSA) is 0 Å². The Labute approximate surface area is 162 Å². The summed E-state index contributed by atoms with van der Waals surface area (Å²) < 4.78 is 0. The Kier molecular flexibility index (Phi) is 8.75. The first-order valence-electron chi connectivity index (χ1n) is 11.3. The summed E-state index contributed by atoms with van der Waals surface area (Å²) in [5.41, 5.74) is 4.28. The molecule has 0 N–H and O–H groups in total. The molecule has 0 bridgehead atoms. The Balaban J connectivity index is 1.96. The normalized spacial score (nSPS) is 32.2. The standard InChI is InChI=1S/C23H46P2/c1-16(2)20-10-11-21(17(3)4)24(20)14-9-15-25-22(18(5)6)12-13-23(25)19(7)8/h16-23H,9-15H2,1-8H3/t20-,21-,22-,23-/m0/s1. The smallest absolute Gasteiger partial charge is 0.0183 e. The molecule has 0 aliphatic carbocycles. The minimum Gasteiger partial charge on any atom is -0.0998 e. The lowest BCUT2D eigenvalue weighted by Crippen LogP contribution is -2.18. The van der Waals surface area contributed by atoms with Crippen LogP contribution in [0.2, 0.25) is 0 Å². The van der Waals surface area contributed by atoms with Crippen molar-refractivity contribution in [2.75, 3.05) is 12.3 Å². The fourth-order valence-corrected chi connectivity index (χ4v) is 14.4. The second-order valence-electron chi connectivity index (χ2n) is 10.2. The van der Waals surface area contributed by atoms with E-state index in [0.717, 1.165) is 46.3 Å². The molecule has 4 atom stereocenters. The molecule has 2 aliphatic heterocycles. The molecule has 0 aromatic rings. The zero-order valence-electron chi connectivity index (χ0n) is 18.5. The van der Waals surface area contributed by atoms with E-state index in [0.29, 0.717) is 0 Å². The van der Waals surface area contributed by atoms with E-state index < -0.39 is 0 Å². The van der Waals surface area contributed by atoms with Crippen molar-refractivity contribution in [3.8, 4) is 0 Å². The van der Waals surface area contributed by atoms with Gasteiger partial charge in [0, 0.05) is 0 Å². The largest absolute Gasteiger partial charge is 0.0998 e. The van der Waals surface area contributed by atoms with Gasteiger partial charge in [-0.2, -0.15) is 0 Å². The molecule has 2 heteroatoms. The van der Waals surface area contributed by atoms with Gasteiger partial charge in [-0.3, -0.25) is 0 Å². The van der Waals surface area contributed by atoms with Gasteiger partial charge < -0.3 is 0 Å². The molecule has 148 valence electrons. The van der Waals surface area contributed by atoms with Crippen molar-refractivity contribution >= 4 is 15.8 Å². The average molecular weight is 385 g/mol. The molecular weight excluding hydrogens is 338 g/mol. The van der Waals surface area contributed by atoms with Crippen molar-refractivity contribution in [1.29, 1.82) is 0 Å². The van der Waals surface area contributed by atoms with Crippen LogP contribution in [0.1, 0.15) is 87.5 Å². The van der Waals surface area contributed by atoms with Gasteiger partial charge in [-0.05, 0) is 90.7 Å². The molecule has 0 aromatic heterocycles. The zero-order chi connectivity index (χ0) is 18.7. The Morgan fingerprint density at radius 3 is 0.960 bits per heavy atom. The summed E-state index contributed by atoms with van der Waals surface area (Å²) >= 11 is 0. The Hall–Kier alpha value is 0.860. The molecule has 0 spiro atoms. The fourth-order valence-electron chi connectivity index (χ4n) is 5.80. The summed E-state index contributed by atoms with van der Waals surface area (Å²) in [6.45, 7) is 19.9. The Morgan fingerprint density at radius 1 is 0.520 bits per heavy atom. The van der Waals surface area contributed by atoms with Crippen LogP contribution in [0.4, 0.5) is 0 Å². The average Bonchev–Trinajstić information content (AvgIpc) is 3.11. The van der Waals surface area contributed by atoms with Gasteiger partial charge in [0.1, 0.15) is 0 Å². The van der Waals surface area contributed by atoms with Crippen LogP contribution in [0, 0.1) is 23.7 Å². The quantitative estimate of drug-likeness (QED) is 0.372. The van der Waals surface area contributed by atoms with E-state index in [1.54, 1.807) is 18.7 Å². The highest BCUT2D eigenvalue weighted by Crippen LogP contribution is 2.63. The highest BCUT2D eigenvalue weighted by atomic mass is 31.1. The van der Waals surface area contributed by atoms with Gasteiger partial charge >= 0.3 is 0 Å². The molecule has 2 aliphatic rings. The maximum atomic E-state index is 2.49. The summed E-state index contributed by atoms with van der Waals surface area (Å²) in [5.74, 6) is 3.66. The van der Waals surface area contributed by atoms with Gasteiger partial charge in [0.2, 0.25) is 0 Å². The Morgan fingerprint density at radius 2 is 0.760 bits per heavy atom. The first kappa shape index (κ1) is 22.2. The van der Waals surface area contributed by atoms with Gasteiger partial charge in [-0.1, -0.05) is 71.2 Å². The van der Waals surface area contributed by atoms with Gasteiger partial charge in [0.05, 0.1) is 0 Å². The second-order valence-corrected chi connectivity index (χ2v) is 15.8. The summed E-state index contributed by atoms with van der Waals surface area (Å²) in [4.78, 5) is 0. The van der Waals surface area contributed by atoms with Gasteiger partial charge in [-0.25, -0.2) is 0 Å². The van der Waals surface area contributed by atoms with Gasteiger partial charge in [0.15, 0.2) is 0 Å². The third kappa shape index (κ3) is 5.44. The lowest BCUT2D eigenvalue weighted by molar-refractivity contribution is 0.543. The summed E-state index contributed by atoms with van der Waals surface area (Å²) in [5, 5.41) is 0. The molecule has 0 nitrogen and oxygen atoms in total. The molecule has 2 saturated heterocycles. The molecular formula is C23H46P2. The van der Waals surface area contributed by atoms with Crippen LogP contribution in [0.3, 0.4) is 0 Å². The zero-order valence-corrected chi connectivity index (χ0v) is 20.3. The van der Waals surface area contributed by atoms with Crippen molar-refractivity contribution in [3.05, 3.63) is 0 Å². The van der Waals surface area contributed by atoms with E-state index in [1.807, 2.05) is 0 Å². The molecule has 2 fully saturated rings. The third-order valence-electron chi connectivity index (χ3n) is 7.13. The molecule has 25 heavy (non-hydrogen) atoms. The van der Waals surface area contributed by atoms with E-state index in [9.17, 15) is 0 Å². The molecule has 0 saturated carbocycles. The van der Waals surface area contributed by atoms with Crippen LogP contribution >= 0.6 is 15.8 Å². The molecule has 0 amide bonds. The summed E-state index contributed by atoms with van der Waals surface area (Å²) in [7, 11) is 0.560. The van der Waals surface area contributed by atoms with Crippen molar-refractivity contribution in [2.45, 2.75) is 110 Å². The molecule has 0 unspecified atom stereocenters. The van der Waals surface area contributed by atoms with E-state index in [-0.39, 0.29) is 15.8 Å². The maximum absolute atomic E-state index is 2.49. The monoisotopic (exact) mass is 384 g/mol. The van der Waals surface area contributed by atoms with Crippen molar-refractivity contribution in [2.24, 2.45) is 23.7 Å².